The standard InChI is InChI=1S/C19H19ClN2O4/c1-13-3-9-16(10-4-13)21-17(23)11-22(2)18(24)12-26-19(25)14-5-7-15(20)8-6-14/h3-10H,11-12H2,1-2H3,(H,21,23). The van der Waals surface area contributed by atoms with Crippen molar-refractivity contribution in [2.45, 2.75) is 6.92 Å². The van der Waals surface area contributed by atoms with Crippen LogP contribution in [0.5, 0.6) is 0 Å². The first-order valence-electron chi connectivity index (χ1n) is 7.88. The molecule has 0 unspecified atom stereocenters. The fourth-order valence-electron chi connectivity index (χ4n) is 2.05. The normalized spacial score (nSPS) is 10.1. The summed E-state index contributed by atoms with van der Waals surface area (Å²) in [5.74, 6) is -1.45. The number of nitrogens with one attached hydrogen (secondary N) is 1. The molecule has 2 aromatic carbocycles. The van der Waals surface area contributed by atoms with Gasteiger partial charge in [0.2, 0.25) is 5.91 Å². The van der Waals surface area contributed by atoms with Crippen LogP contribution in [-0.2, 0) is 14.3 Å². The lowest BCUT2D eigenvalue weighted by Gasteiger charge is -2.17. The summed E-state index contributed by atoms with van der Waals surface area (Å²) in [7, 11) is 1.47. The van der Waals surface area contributed by atoms with E-state index in [9.17, 15) is 14.4 Å². The largest absolute Gasteiger partial charge is 0.452 e. The number of carbonyl (C=O) groups is 3. The van der Waals surface area contributed by atoms with E-state index in [1.54, 1.807) is 24.3 Å². The van der Waals surface area contributed by atoms with Gasteiger partial charge in [-0.15, -0.1) is 0 Å². The number of hydrogen-bond donors (Lipinski definition) is 1. The van der Waals surface area contributed by atoms with Crippen LogP contribution in [0.2, 0.25) is 5.02 Å². The number of likely N-dealkylation sites (N-methyl/N-ethyl adjacent to an activating group) is 1. The van der Waals surface area contributed by atoms with Gasteiger partial charge in [-0.25, -0.2) is 4.79 Å². The van der Waals surface area contributed by atoms with Crippen molar-refractivity contribution >= 4 is 35.1 Å². The first kappa shape index (κ1) is 19.5. The monoisotopic (exact) mass is 374 g/mol. The van der Waals surface area contributed by atoms with Crippen molar-refractivity contribution in [3.63, 3.8) is 0 Å². The molecule has 0 spiro atoms. The number of nitrogens with zero attached hydrogens (tertiary/aromatic N) is 1. The van der Waals surface area contributed by atoms with Gasteiger partial charge >= 0.3 is 5.97 Å². The van der Waals surface area contributed by atoms with E-state index >= 15 is 0 Å². The summed E-state index contributed by atoms with van der Waals surface area (Å²) in [6.07, 6.45) is 0. The van der Waals surface area contributed by atoms with Crippen molar-refractivity contribution in [2.24, 2.45) is 0 Å². The van der Waals surface area contributed by atoms with Crippen LogP contribution < -0.4 is 5.32 Å². The molecule has 0 radical (unpaired) electrons. The molecule has 0 aliphatic heterocycles. The zero-order valence-electron chi connectivity index (χ0n) is 14.5. The highest BCUT2D eigenvalue weighted by molar-refractivity contribution is 6.30. The Kier molecular flexibility index (Phi) is 6.74. The summed E-state index contributed by atoms with van der Waals surface area (Å²) < 4.78 is 4.96. The summed E-state index contributed by atoms with van der Waals surface area (Å²) in [4.78, 5) is 37.0. The molecular formula is C19H19ClN2O4. The van der Waals surface area contributed by atoms with Gasteiger partial charge in [-0.1, -0.05) is 29.3 Å². The van der Waals surface area contributed by atoms with Gasteiger partial charge in [0.1, 0.15) is 0 Å². The minimum Gasteiger partial charge on any atom is -0.452 e. The summed E-state index contributed by atoms with van der Waals surface area (Å²) >= 11 is 5.75. The number of anilines is 1. The molecule has 1 N–H and O–H groups in total. The Bertz CT molecular complexity index is 788. The second kappa shape index (κ2) is 9.01. The Morgan fingerprint density at radius 1 is 1.04 bits per heavy atom. The number of carbonyl (C=O) groups excluding carboxylic acids is 3. The van der Waals surface area contributed by atoms with E-state index in [1.807, 2.05) is 19.1 Å². The summed E-state index contributed by atoms with van der Waals surface area (Å²) in [5, 5.41) is 3.20. The molecule has 2 aromatic rings. The smallest absolute Gasteiger partial charge is 0.338 e. The van der Waals surface area contributed by atoms with Crippen LogP contribution in [0.4, 0.5) is 5.69 Å². The molecule has 2 amide bonds. The van der Waals surface area contributed by atoms with Gasteiger partial charge < -0.3 is 15.0 Å². The maximum Gasteiger partial charge on any atom is 0.338 e. The maximum absolute atomic E-state index is 12.0. The molecule has 26 heavy (non-hydrogen) atoms. The van der Waals surface area contributed by atoms with Crippen molar-refractivity contribution in [2.75, 3.05) is 25.5 Å². The highest BCUT2D eigenvalue weighted by Gasteiger charge is 2.16. The Balaban J connectivity index is 1.79. The summed E-state index contributed by atoms with van der Waals surface area (Å²) in [6.45, 7) is 1.35. The van der Waals surface area contributed by atoms with Crippen molar-refractivity contribution < 1.29 is 19.1 Å². The average molecular weight is 375 g/mol. The van der Waals surface area contributed by atoms with E-state index in [0.29, 0.717) is 16.3 Å². The number of amides is 2. The predicted molar refractivity (Wildman–Crippen MR) is 99.2 cm³/mol. The average Bonchev–Trinajstić information content (AvgIpc) is 2.61. The van der Waals surface area contributed by atoms with Crippen molar-refractivity contribution in [3.05, 3.63) is 64.7 Å². The maximum atomic E-state index is 12.0. The number of aryl methyl sites for hydroxylation is 1. The third kappa shape index (κ3) is 5.89. The van der Waals surface area contributed by atoms with Gasteiger partial charge in [-0.05, 0) is 43.3 Å². The van der Waals surface area contributed by atoms with E-state index in [2.05, 4.69) is 5.32 Å². The van der Waals surface area contributed by atoms with E-state index in [-0.39, 0.29) is 12.5 Å². The van der Waals surface area contributed by atoms with Crippen LogP contribution in [-0.4, -0.2) is 42.9 Å². The molecular weight excluding hydrogens is 356 g/mol. The van der Waals surface area contributed by atoms with Crippen molar-refractivity contribution in [1.82, 2.24) is 4.90 Å². The molecule has 0 heterocycles. The summed E-state index contributed by atoms with van der Waals surface area (Å²) in [5.41, 5.74) is 2.02. The number of benzene rings is 2. The van der Waals surface area contributed by atoms with Crippen molar-refractivity contribution in [1.29, 1.82) is 0 Å². The van der Waals surface area contributed by atoms with Crippen LogP contribution in [0.25, 0.3) is 0 Å². The van der Waals surface area contributed by atoms with E-state index in [1.165, 1.54) is 24.1 Å². The minimum atomic E-state index is -0.632. The quantitative estimate of drug-likeness (QED) is 0.789. The molecule has 0 fully saturated rings. The zero-order valence-corrected chi connectivity index (χ0v) is 15.2. The number of hydrogen-bond acceptors (Lipinski definition) is 4. The van der Waals surface area contributed by atoms with Gasteiger partial charge in [-0.2, -0.15) is 0 Å². The molecule has 0 atom stereocenters. The Labute approximate surface area is 156 Å². The highest BCUT2D eigenvalue weighted by Crippen LogP contribution is 2.11. The topological polar surface area (TPSA) is 75.7 Å². The first-order valence-corrected chi connectivity index (χ1v) is 8.26. The lowest BCUT2D eigenvalue weighted by Crippen LogP contribution is -2.37. The summed E-state index contributed by atoms with van der Waals surface area (Å²) in [6, 6.07) is 13.4. The van der Waals surface area contributed by atoms with Gasteiger partial charge in [0.25, 0.3) is 5.91 Å². The zero-order chi connectivity index (χ0) is 19.1. The fourth-order valence-corrected chi connectivity index (χ4v) is 2.17. The first-order chi connectivity index (χ1) is 12.3. The van der Waals surface area contributed by atoms with Gasteiger partial charge in [-0.3, -0.25) is 9.59 Å². The number of ether oxygens (including phenoxy) is 1. The van der Waals surface area contributed by atoms with Crippen LogP contribution in [0.3, 0.4) is 0 Å². The third-order valence-corrected chi connectivity index (χ3v) is 3.80. The molecule has 0 aliphatic carbocycles. The molecule has 0 aromatic heterocycles. The van der Waals surface area contributed by atoms with Crippen LogP contribution in [0, 0.1) is 6.92 Å². The van der Waals surface area contributed by atoms with E-state index in [4.69, 9.17) is 16.3 Å². The Morgan fingerprint density at radius 3 is 2.27 bits per heavy atom. The second-order valence-corrected chi connectivity index (χ2v) is 6.18. The van der Waals surface area contributed by atoms with Gasteiger partial charge in [0, 0.05) is 17.8 Å². The molecule has 6 nitrogen and oxygen atoms in total. The van der Waals surface area contributed by atoms with Crippen LogP contribution >= 0.6 is 11.6 Å². The van der Waals surface area contributed by atoms with E-state index < -0.39 is 18.5 Å². The van der Waals surface area contributed by atoms with Gasteiger partial charge in [0.15, 0.2) is 6.61 Å². The number of rotatable bonds is 6. The fraction of sp³-hybridized carbons (Fsp3) is 0.211. The third-order valence-electron chi connectivity index (χ3n) is 3.55. The Morgan fingerprint density at radius 2 is 1.65 bits per heavy atom. The van der Waals surface area contributed by atoms with Crippen molar-refractivity contribution in [3.8, 4) is 0 Å². The Hall–Kier alpha value is -2.86. The molecule has 136 valence electrons. The SMILES string of the molecule is Cc1ccc(NC(=O)CN(C)C(=O)COC(=O)c2ccc(Cl)cc2)cc1. The predicted octanol–water partition coefficient (Wildman–Crippen LogP) is 2.90. The molecule has 7 heteroatoms. The highest BCUT2D eigenvalue weighted by atomic mass is 35.5. The number of halogens is 1. The minimum absolute atomic E-state index is 0.148. The van der Waals surface area contributed by atoms with Crippen LogP contribution in [0.1, 0.15) is 15.9 Å². The van der Waals surface area contributed by atoms with Gasteiger partial charge in [0.05, 0.1) is 12.1 Å². The molecule has 0 bridgehead atoms. The lowest BCUT2D eigenvalue weighted by atomic mass is 10.2. The molecule has 0 saturated heterocycles. The number of esters is 1. The molecule has 2 rings (SSSR count). The second-order valence-electron chi connectivity index (χ2n) is 5.75. The van der Waals surface area contributed by atoms with Crippen LogP contribution in [0.15, 0.2) is 48.5 Å². The van der Waals surface area contributed by atoms with E-state index in [0.717, 1.165) is 5.56 Å². The lowest BCUT2D eigenvalue weighted by molar-refractivity contribution is -0.136. The molecule has 0 aliphatic rings. The molecule has 0 saturated carbocycles.